The van der Waals surface area contributed by atoms with Gasteiger partial charge in [-0.15, -0.1) is 0 Å². The zero-order chi connectivity index (χ0) is 14.0. The van der Waals surface area contributed by atoms with Gasteiger partial charge >= 0.3 is 25.0 Å². The molecular weight excluding hydrogens is 305 g/mol. The van der Waals surface area contributed by atoms with Crippen molar-refractivity contribution in [2.45, 2.75) is 6.42 Å². The second-order valence-electron chi connectivity index (χ2n) is 3.34. The maximum atomic E-state index is 11.7. The molecule has 1 aromatic rings. The van der Waals surface area contributed by atoms with Crippen LogP contribution in [0.4, 0.5) is 0 Å². The van der Waals surface area contributed by atoms with E-state index in [9.17, 15) is 21.4 Å². The summed E-state index contributed by atoms with van der Waals surface area (Å²) < 4.78 is 72.6. The van der Waals surface area contributed by atoms with Crippen LogP contribution in [-0.2, 0) is 30.5 Å². The predicted molar refractivity (Wildman–Crippen MR) is 63.5 cm³/mol. The van der Waals surface area contributed by atoms with Crippen LogP contribution in [0, 0.1) is 0 Å². The largest absolute Gasteiger partial charge is 0.357 e. The molecule has 0 atom stereocenters. The molecule has 0 saturated carbocycles. The highest BCUT2D eigenvalue weighted by molar-refractivity contribution is 8.82. The van der Waals surface area contributed by atoms with Crippen molar-refractivity contribution in [1.82, 2.24) is 4.98 Å². The Kier molecular flexibility index (Phi) is 4.29. The molecule has 0 aliphatic rings. The minimum Gasteiger partial charge on any atom is -0.285 e. The van der Waals surface area contributed by atoms with E-state index in [0.717, 1.165) is 0 Å². The first-order valence-electron chi connectivity index (χ1n) is 4.51. The Labute approximate surface area is 103 Å². The van der Waals surface area contributed by atoms with Crippen LogP contribution in [0.25, 0.3) is 0 Å². The van der Waals surface area contributed by atoms with Crippen molar-refractivity contribution >= 4 is 25.0 Å². The lowest BCUT2D eigenvalue weighted by Gasteiger charge is -2.11. The zero-order valence-corrected chi connectivity index (χ0v) is 11.4. The Morgan fingerprint density at radius 2 is 1.72 bits per heavy atom. The van der Waals surface area contributed by atoms with Gasteiger partial charge in [0.15, 0.2) is 0 Å². The van der Waals surface area contributed by atoms with Crippen molar-refractivity contribution in [3.05, 3.63) is 30.1 Å². The van der Waals surface area contributed by atoms with Crippen LogP contribution < -0.4 is 0 Å². The summed E-state index contributed by atoms with van der Waals surface area (Å²) in [4.78, 5) is 3.70. The summed E-state index contributed by atoms with van der Waals surface area (Å²) in [5, 5.41) is 0. The van der Waals surface area contributed by atoms with Crippen molar-refractivity contribution in [2.24, 2.45) is 0 Å². The van der Waals surface area contributed by atoms with Crippen LogP contribution in [0.2, 0.25) is 0 Å². The van der Waals surface area contributed by atoms with Gasteiger partial charge in [0.1, 0.15) is 0 Å². The van der Waals surface area contributed by atoms with E-state index in [4.69, 9.17) is 9.11 Å². The van der Waals surface area contributed by atoms with Gasteiger partial charge in [-0.3, -0.25) is 18.7 Å². The number of hydrogen-bond donors (Lipinski definition) is 2. The third-order valence-electron chi connectivity index (χ3n) is 2.10. The number of rotatable bonds is 5. The lowest BCUT2D eigenvalue weighted by molar-refractivity contribution is 0.484. The molecule has 0 amide bonds. The first-order chi connectivity index (χ1) is 8.08. The quantitative estimate of drug-likeness (QED) is 0.594. The monoisotopic (exact) mass is 315 g/mol. The molecule has 1 rings (SSSR count). The molecule has 102 valence electrons. The Hall–Kier alpha value is -0.800. The molecule has 0 saturated heterocycles. The second kappa shape index (κ2) is 5.06. The molecule has 0 aliphatic carbocycles. The van der Waals surface area contributed by atoms with Gasteiger partial charge in [0.25, 0.3) is 0 Å². The number of nitrogens with zero attached hydrogens (tertiary/aromatic N) is 1. The average molecular weight is 315 g/mol. The minimum absolute atomic E-state index is 0.231. The molecule has 0 bridgehead atoms. The van der Waals surface area contributed by atoms with Gasteiger partial charge in [-0.2, -0.15) is 16.8 Å². The van der Waals surface area contributed by atoms with Gasteiger partial charge in [-0.25, -0.2) is 0 Å². The van der Waals surface area contributed by atoms with Gasteiger partial charge in [0.05, 0.1) is 0 Å². The molecule has 0 fully saturated rings. The summed E-state index contributed by atoms with van der Waals surface area (Å²) in [7, 11) is -10.8. The molecular formula is C7H10NO7PS2. The second-order valence-corrected chi connectivity index (χ2v) is 13.8. The van der Waals surface area contributed by atoms with E-state index in [2.05, 4.69) is 4.98 Å². The summed E-state index contributed by atoms with van der Waals surface area (Å²) >= 11 is 0. The van der Waals surface area contributed by atoms with Crippen LogP contribution in [0.5, 0.6) is 0 Å². The topological polar surface area (TPSA) is 139 Å². The Balaban J connectivity index is 3.08. The van der Waals surface area contributed by atoms with Crippen molar-refractivity contribution in [3.63, 3.8) is 0 Å². The van der Waals surface area contributed by atoms with Gasteiger partial charge in [-0.05, 0) is 18.1 Å². The Morgan fingerprint density at radius 1 is 1.17 bits per heavy atom. The van der Waals surface area contributed by atoms with E-state index in [1.165, 1.54) is 24.5 Å². The Morgan fingerprint density at radius 3 is 2.11 bits per heavy atom. The summed E-state index contributed by atoms with van der Waals surface area (Å²) in [5.74, 6) is 0. The lowest BCUT2D eigenvalue weighted by atomic mass is 10.2. The highest BCUT2D eigenvalue weighted by Crippen LogP contribution is 2.56. The van der Waals surface area contributed by atoms with Crippen molar-refractivity contribution < 1.29 is 30.5 Å². The molecule has 8 nitrogen and oxygen atoms in total. The first kappa shape index (κ1) is 15.3. The predicted octanol–water partition coefficient (Wildman–Crippen LogP) is 0.593. The average Bonchev–Trinajstić information content (AvgIpc) is 2.24. The van der Waals surface area contributed by atoms with Gasteiger partial charge in [0, 0.05) is 18.6 Å². The standard InChI is InChI=1S/C7H10NO7PS2/c9-16(17(10,11)12,18(13,14)15)5-3-7-2-1-4-8-6-7/h1-2,4,6H,3,5H2,(H,10,11,12)(H,13,14,15). The lowest BCUT2D eigenvalue weighted by Crippen LogP contribution is -2.13. The first-order valence-corrected chi connectivity index (χ1v) is 10.5. The molecule has 0 spiro atoms. The van der Waals surface area contributed by atoms with Crippen LogP contribution in [0.15, 0.2) is 24.5 Å². The van der Waals surface area contributed by atoms with Crippen LogP contribution in [-0.4, -0.2) is 37.1 Å². The number of pyridine rings is 1. The van der Waals surface area contributed by atoms with E-state index < -0.39 is 31.2 Å². The fourth-order valence-electron chi connectivity index (χ4n) is 1.16. The van der Waals surface area contributed by atoms with E-state index in [1.807, 2.05) is 0 Å². The van der Waals surface area contributed by atoms with Gasteiger partial charge in [0.2, 0.25) is 0 Å². The van der Waals surface area contributed by atoms with Crippen LogP contribution in [0.3, 0.4) is 0 Å². The summed E-state index contributed by atoms with van der Waals surface area (Å²) in [6.45, 7) is 0. The smallest absolute Gasteiger partial charge is 0.285 e. The van der Waals surface area contributed by atoms with E-state index >= 15 is 0 Å². The highest BCUT2D eigenvalue weighted by atomic mass is 33.1. The number of aryl methyl sites for hydroxylation is 1. The van der Waals surface area contributed by atoms with E-state index in [0.29, 0.717) is 5.56 Å². The highest BCUT2D eigenvalue weighted by Gasteiger charge is 2.48. The van der Waals surface area contributed by atoms with Crippen molar-refractivity contribution in [3.8, 4) is 0 Å². The molecule has 1 heterocycles. The van der Waals surface area contributed by atoms with E-state index in [-0.39, 0.29) is 6.42 Å². The molecule has 11 heteroatoms. The molecule has 2 N–H and O–H groups in total. The molecule has 0 radical (unpaired) electrons. The molecule has 18 heavy (non-hydrogen) atoms. The summed E-state index contributed by atoms with van der Waals surface area (Å²) in [5.41, 5.74) is -4.80. The van der Waals surface area contributed by atoms with Crippen LogP contribution >= 0.6 is 5.55 Å². The third kappa shape index (κ3) is 3.15. The molecule has 0 aromatic carbocycles. The molecule has 0 unspecified atom stereocenters. The van der Waals surface area contributed by atoms with Gasteiger partial charge in [-0.1, -0.05) is 6.07 Å². The Bertz CT molecular complexity index is 631. The fraction of sp³-hybridized carbons (Fsp3) is 0.286. The number of aromatic nitrogens is 1. The minimum atomic E-state index is -5.40. The van der Waals surface area contributed by atoms with Crippen molar-refractivity contribution in [1.29, 1.82) is 0 Å². The summed E-state index contributed by atoms with van der Waals surface area (Å²) in [6, 6.07) is 3.02. The maximum Gasteiger partial charge on any atom is 0.357 e. The van der Waals surface area contributed by atoms with Crippen molar-refractivity contribution in [2.75, 3.05) is 6.16 Å². The summed E-state index contributed by atoms with van der Waals surface area (Å²) in [6.07, 6.45) is 1.61. The zero-order valence-electron chi connectivity index (χ0n) is 8.87. The SMILES string of the molecule is O=P(CCc1cccnc1)(S(=O)(=O)O)S(=O)(=O)O. The van der Waals surface area contributed by atoms with E-state index in [1.54, 1.807) is 0 Å². The van der Waals surface area contributed by atoms with Crippen LogP contribution in [0.1, 0.15) is 5.56 Å². The molecule has 1 aromatic heterocycles. The van der Waals surface area contributed by atoms with Gasteiger partial charge < -0.3 is 0 Å². The third-order valence-corrected chi connectivity index (χ3v) is 13.0. The maximum absolute atomic E-state index is 11.7. The number of hydrogen-bond acceptors (Lipinski definition) is 6. The normalized spacial score (nSPS) is 13.4. The fourth-order valence-corrected chi connectivity index (χ4v) is 7.18. The molecule has 0 aliphatic heterocycles.